The second-order valence-corrected chi connectivity index (χ2v) is 5.37. The van der Waals surface area contributed by atoms with Gasteiger partial charge >= 0.3 is 5.97 Å². The Labute approximate surface area is 133 Å². The largest absolute Gasteiger partial charge is 0.496 e. The minimum absolute atomic E-state index is 0.102. The Morgan fingerprint density at radius 1 is 1.30 bits per heavy atom. The van der Waals surface area contributed by atoms with Crippen LogP contribution in [0.5, 0.6) is 5.75 Å². The van der Waals surface area contributed by atoms with Crippen LogP contribution in [0.2, 0.25) is 0 Å². The molecular formula is C16H19NO6. The number of carboxylic acids is 1. The van der Waals surface area contributed by atoms with Crippen molar-refractivity contribution < 1.29 is 29.0 Å². The molecule has 1 aliphatic rings. The van der Waals surface area contributed by atoms with E-state index in [1.165, 1.54) is 14.2 Å². The minimum Gasteiger partial charge on any atom is -0.496 e. The van der Waals surface area contributed by atoms with Gasteiger partial charge in [-0.25, -0.2) is 0 Å². The third-order valence-electron chi connectivity index (χ3n) is 4.00. The second-order valence-electron chi connectivity index (χ2n) is 5.37. The molecule has 0 spiro atoms. The number of carbonyl (C=O) groups excluding carboxylic acids is 2. The molecule has 0 aliphatic carbocycles. The van der Waals surface area contributed by atoms with Crippen LogP contribution in [-0.4, -0.2) is 55.2 Å². The molecule has 0 radical (unpaired) electrons. The van der Waals surface area contributed by atoms with Gasteiger partial charge in [-0.3, -0.25) is 19.3 Å². The summed E-state index contributed by atoms with van der Waals surface area (Å²) in [6, 6.07) is 6.69. The van der Waals surface area contributed by atoms with Crippen LogP contribution in [-0.2, 0) is 24.5 Å². The first-order valence-electron chi connectivity index (χ1n) is 7.15. The number of imide groups is 1. The summed E-state index contributed by atoms with van der Waals surface area (Å²) in [5, 5.41) is 9.28. The van der Waals surface area contributed by atoms with Gasteiger partial charge in [0.1, 0.15) is 5.75 Å². The molecule has 7 nitrogen and oxygen atoms in total. The smallest absolute Gasteiger partial charge is 0.304 e. The van der Waals surface area contributed by atoms with Gasteiger partial charge in [-0.2, -0.15) is 0 Å². The minimum atomic E-state index is -1.44. The van der Waals surface area contributed by atoms with E-state index in [1.807, 2.05) is 0 Å². The molecule has 1 aromatic rings. The molecule has 0 saturated carbocycles. The summed E-state index contributed by atoms with van der Waals surface area (Å²) in [5.41, 5.74) is -1.02. The van der Waals surface area contributed by atoms with Crippen LogP contribution in [0.15, 0.2) is 24.3 Å². The monoisotopic (exact) mass is 321 g/mol. The number of ether oxygens (including phenoxy) is 2. The van der Waals surface area contributed by atoms with E-state index in [9.17, 15) is 19.5 Å². The van der Waals surface area contributed by atoms with Gasteiger partial charge in [0, 0.05) is 19.1 Å². The molecule has 0 aromatic heterocycles. The maximum absolute atomic E-state index is 12.9. The first kappa shape index (κ1) is 17.0. The Bertz CT molecular complexity index is 629. The van der Waals surface area contributed by atoms with Crippen LogP contribution in [0.4, 0.5) is 0 Å². The van der Waals surface area contributed by atoms with E-state index in [4.69, 9.17) is 9.47 Å². The molecule has 2 rings (SSSR count). The first-order valence-corrected chi connectivity index (χ1v) is 7.15. The summed E-state index contributed by atoms with van der Waals surface area (Å²) in [7, 11) is 2.91. The number of carbonyl (C=O) groups is 3. The number of hydrogen-bond acceptors (Lipinski definition) is 5. The van der Waals surface area contributed by atoms with E-state index >= 15 is 0 Å². The van der Waals surface area contributed by atoms with Crippen molar-refractivity contribution in [2.24, 2.45) is 0 Å². The number of benzene rings is 1. The molecular weight excluding hydrogens is 302 g/mol. The molecule has 0 bridgehead atoms. The SMILES string of the molecule is COCCN1C(=O)C[C@](CC(=O)O)(c2ccccc2OC)C1=O. The number of nitrogens with zero attached hydrogens (tertiary/aromatic N) is 1. The van der Waals surface area contributed by atoms with Crippen LogP contribution in [0.3, 0.4) is 0 Å². The molecule has 1 fully saturated rings. The molecule has 1 heterocycles. The van der Waals surface area contributed by atoms with E-state index in [-0.39, 0.29) is 19.6 Å². The van der Waals surface area contributed by atoms with Crippen molar-refractivity contribution in [2.75, 3.05) is 27.4 Å². The standard InChI is InChI=1S/C16H19NO6/c1-22-8-7-17-13(18)9-16(15(17)21,10-14(19)20)11-5-3-4-6-12(11)23-2/h3-6H,7-10H2,1-2H3,(H,19,20)/t16-/m0/s1. The lowest BCUT2D eigenvalue weighted by atomic mass is 9.75. The van der Waals surface area contributed by atoms with Gasteiger partial charge in [0.05, 0.1) is 32.1 Å². The van der Waals surface area contributed by atoms with Crippen molar-refractivity contribution in [1.82, 2.24) is 4.90 Å². The number of likely N-dealkylation sites (tertiary alicyclic amines) is 1. The van der Waals surface area contributed by atoms with Gasteiger partial charge in [0.25, 0.3) is 0 Å². The van der Waals surface area contributed by atoms with Gasteiger partial charge in [-0.1, -0.05) is 18.2 Å². The quantitative estimate of drug-likeness (QED) is 0.747. The lowest BCUT2D eigenvalue weighted by Gasteiger charge is -2.27. The Balaban J connectivity index is 2.51. The second kappa shape index (κ2) is 6.78. The van der Waals surface area contributed by atoms with Gasteiger partial charge in [-0.15, -0.1) is 0 Å². The maximum atomic E-state index is 12.9. The zero-order valence-electron chi connectivity index (χ0n) is 13.1. The summed E-state index contributed by atoms with van der Waals surface area (Å²) in [6.45, 7) is 0.303. The third-order valence-corrected chi connectivity index (χ3v) is 4.00. The number of carboxylic acid groups (broad SMARTS) is 1. The van der Waals surface area contributed by atoms with E-state index in [1.54, 1.807) is 24.3 Å². The third kappa shape index (κ3) is 3.05. The zero-order chi connectivity index (χ0) is 17.0. The van der Waals surface area contributed by atoms with Gasteiger partial charge in [0.15, 0.2) is 0 Å². The Hall–Kier alpha value is -2.41. The number of methoxy groups -OCH3 is 2. The fraction of sp³-hybridized carbons (Fsp3) is 0.438. The van der Waals surface area contributed by atoms with Crippen molar-refractivity contribution in [3.05, 3.63) is 29.8 Å². The molecule has 1 aliphatic heterocycles. The molecule has 1 saturated heterocycles. The zero-order valence-corrected chi connectivity index (χ0v) is 13.1. The van der Waals surface area contributed by atoms with E-state index in [0.29, 0.717) is 11.3 Å². The van der Waals surface area contributed by atoms with E-state index < -0.39 is 29.6 Å². The molecule has 7 heteroatoms. The Morgan fingerprint density at radius 3 is 2.61 bits per heavy atom. The Morgan fingerprint density at radius 2 is 2.00 bits per heavy atom. The number of amides is 2. The van der Waals surface area contributed by atoms with Crippen molar-refractivity contribution >= 4 is 17.8 Å². The Kier molecular flexibility index (Phi) is 5.00. The van der Waals surface area contributed by atoms with Crippen LogP contribution < -0.4 is 4.74 Å². The summed E-state index contributed by atoms with van der Waals surface area (Å²) in [5.74, 6) is -1.68. The number of para-hydroxylation sites is 1. The van der Waals surface area contributed by atoms with Crippen molar-refractivity contribution in [3.8, 4) is 5.75 Å². The summed E-state index contributed by atoms with van der Waals surface area (Å²) >= 11 is 0. The van der Waals surface area contributed by atoms with E-state index in [2.05, 4.69) is 0 Å². The number of aliphatic carboxylic acids is 1. The predicted octanol–water partition coefficient (Wildman–Crippen LogP) is 0.813. The average Bonchev–Trinajstić information content (AvgIpc) is 2.76. The fourth-order valence-corrected chi connectivity index (χ4v) is 2.95. The molecule has 1 aromatic carbocycles. The summed E-state index contributed by atoms with van der Waals surface area (Å²) in [6.07, 6.45) is -0.663. The van der Waals surface area contributed by atoms with Crippen LogP contribution in [0.1, 0.15) is 18.4 Å². The van der Waals surface area contributed by atoms with Gasteiger partial charge in [-0.05, 0) is 6.07 Å². The van der Waals surface area contributed by atoms with Crippen LogP contribution in [0, 0.1) is 0 Å². The number of rotatable bonds is 7. The normalized spacial score (nSPS) is 20.9. The summed E-state index contributed by atoms with van der Waals surface area (Å²) < 4.78 is 10.2. The first-order chi connectivity index (χ1) is 11.0. The molecule has 2 amide bonds. The van der Waals surface area contributed by atoms with Crippen molar-refractivity contribution in [2.45, 2.75) is 18.3 Å². The highest BCUT2D eigenvalue weighted by atomic mass is 16.5. The highest BCUT2D eigenvalue weighted by molar-refractivity contribution is 6.10. The topological polar surface area (TPSA) is 93.1 Å². The molecule has 1 atom stereocenters. The highest BCUT2D eigenvalue weighted by Gasteiger charge is 2.54. The van der Waals surface area contributed by atoms with Crippen molar-refractivity contribution in [1.29, 1.82) is 0 Å². The summed E-state index contributed by atoms with van der Waals surface area (Å²) in [4.78, 5) is 37.6. The predicted molar refractivity (Wildman–Crippen MR) is 80.1 cm³/mol. The van der Waals surface area contributed by atoms with E-state index in [0.717, 1.165) is 4.90 Å². The molecule has 23 heavy (non-hydrogen) atoms. The molecule has 0 unspecified atom stereocenters. The van der Waals surface area contributed by atoms with Crippen LogP contribution in [0.25, 0.3) is 0 Å². The highest BCUT2D eigenvalue weighted by Crippen LogP contribution is 2.43. The molecule has 1 N–H and O–H groups in total. The average molecular weight is 321 g/mol. The van der Waals surface area contributed by atoms with Gasteiger partial charge in [0.2, 0.25) is 11.8 Å². The van der Waals surface area contributed by atoms with Crippen molar-refractivity contribution in [3.63, 3.8) is 0 Å². The van der Waals surface area contributed by atoms with Gasteiger partial charge < -0.3 is 14.6 Å². The fourth-order valence-electron chi connectivity index (χ4n) is 2.95. The van der Waals surface area contributed by atoms with Crippen LogP contribution >= 0.6 is 0 Å². The maximum Gasteiger partial charge on any atom is 0.304 e. The lowest BCUT2D eigenvalue weighted by Crippen LogP contribution is -2.41. The molecule has 124 valence electrons. The number of hydrogen-bond donors (Lipinski definition) is 1. The lowest BCUT2D eigenvalue weighted by molar-refractivity contribution is -0.145.